The van der Waals surface area contributed by atoms with E-state index in [0.29, 0.717) is 0 Å². The molecule has 0 aliphatic carbocycles. The molecule has 1 aromatic heterocycles. The maximum atomic E-state index is 12.7. The predicted molar refractivity (Wildman–Crippen MR) is 85.8 cm³/mol. The van der Waals surface area contributed by atoms with Crippen LogP contribution in [0.15, 0.2) is 16.3 Å². The maximum Gasteiger partial charge on any atom is 0.252 e. The Hall–Kier alpha value is -1.43. The number of carbonyl (C=O) groups is 1. The number of nitrogens with zero attached hydrogens (tertiary/aromatic N) is 2. The highest BCUT2D eigenvalue weighted by Crippen LogP contribution is 2.29. The first-order chi connectivity index (χ1) is 10.2. The molecule has 0 spiro atoms. The number of sulfonamides is 1. The van der Waals surface area contributed by atoms with Gasteiger partial charge in [0, 0.05) is 30.8 Å². The third-order valence-corrected chi connectivity index (χ3v) is 6.84. The van der Waals surface area contributed by atoms with Crippen LogP contribution in [0.5, 0.6) is 0 Å². The van der Waals surface area contributed by atoms with E-state index in [9.17, 15) is 13.2 Å². The highest BCUT2D eigenvalue weighted by Gasteiger charge is 2.28. The molecule has 0 unspecified atom stereocenters. The van der Waals surface area contributed by atoms with Crippen molar-refractivity contribution < 1.29 is 13.2 Å². The summed E-state index contributed by atoms with van der Waals surface area (Å²) in [6.45, 7) is 6.96. The second kappa shape index (κ2) is 7.72. The molecule has 1 atom stereocenters. The number of rotatable bonds is 7. The van der Waals surface area contributed by atoms with E-state index in [4.69, 9.17) is 5.26 Å². The molecule has 1 rings (SSSR count). The Morgan fingerprint density at radius 1 is 1.41 bits per heavy atom. The highest BCUT2D eigenvalue weighted by molar-refractivity contribution is 7.91. The summed E-state index contributed by atoms with van der Waals surface area (Å²) in [5.74, 6) is -0.164. The summed E-state index contributed by atoms with van der Waals surface area (Å²) >= 11 is 1.14. The van der Waals surface area contributed by atoms with E-state index < -0.39 is 10.0 Å². The summed E-state index contributed by atoms with van der Waals surface area (Å²) in [5.41, 5.74) is 0. The van der Waals surface area contributed by atoms with Crippen molar-refractivity contribution in [1.82, 2.24) is 9.62 Å². The van der Waals surface area contributed by atoms with Crippen LogP contribution in [-0.4, -0.2) is 31.2 Å². The molecule has 0 bridgehead atoms. The summed E-state index contributed by atoms with van der Waals surface area (Å²) in [5, 5.41) is 11.4. The Balaban J connectivity index is 3.05. The van der Waals surface area contributed by atoms with Crippen molar-refractivity contribution in [2.24, 2.45) is 0 Å². The Bertz CT molecular complexity index is 659. The van der Waals surface area contributed by atoms with E-state index in [1.54, 1.807) is 32.9 Å². The molecule has 1 heterocycles. The second-order valence-corrected chi connectivity index (χ2v) is 8.43. The van der Waals surface area contributed by atoms with Crippen molar-refractivity contribution in [3.8, 4) is 6.07 Å². The van der Waals surface area contributed by atoms with E-state index in [-0.39, 0.29) is 35.2 Å². The molecule has 0 radical (unpaired) electrons. The Morgan fingerprint density at radius 3 is 2.55 bits per heavy atom. The monoisotopic (exact) mass is 343 g/mol. The van der Waals surface area contributed by atoms with Gasteiger partial charge in [-0.1, -0.05) is 0 Å². The van der Waals surface area contributed by atoms with Crippen LogP contribution >= 0.6 is 11.3 Å². The standard InChI is InChI=1S/C14H21N3O3S2/c1-10(2)17(9-5-8-15)22(19,20)14-7-6-13(21-14)11(3)16-12(4)18/h6-7,10-11H,5,9H2,1-4H3,(H,16,18)/t11-/m0/s1. The molecule has 0 aliphatic rings. The van der Waals surface area contributed by atoms with Crippen molar-refractivity contribution in [3.05, 3.63) is 17.0 Å². The average Bonchev–Trinajstić information content (AvgIpc) is 2.88. The van der Waals surface area contributed by atoms with Crippen molar-refractivity contribution in [2.75, 3.05) is 6.54 Å². The molecule has 1 N–H and O–H groups in total. The number of hydrogen-bond donors (Lipinski definition) is 1. The largest absolute Gasteiger partial charge is 0.349 e. The van der Waals surface area contributed by atoms with Gasteiger partial charge >= 0.3 is 0 Å². The molecule has 6 nitrogen and oxygen atoms in total. The van der Waals surface area contributed by atoms with Crippen LogP contribution in [0.1, 0.15) is 45.0 Å². The fourth-order valence-electron chi connectivity index (χ4n) is 2.01. The van der Waals surface area contributed by atoms with Gasteiger partial charge in [-0.3, -0.25) is 4.79 Å². The van der Waals surface area contributed by atoms with Crippen molar-refractivity contribution >= 4 is 27.3 Å². The fourth-order valence-corrected chi connectivity index (χ4v) is 5.11. The molecular weight excluding hydrogens is 322 g/mol. The van der Waals surface area contributed by atoms with Gasteiger partial charge in [-0.15, -0.1) is 11.3 Å². The van der Waals surface area contributed by atoms with Crippen LogP contribution in [0, 0.1) is 11.3 Å². The van der Waals surface area contributed by atoms with Gasteiger partial charge in [0.2, 0.25) is 5.91 Å². The van der Waals surface area contributed by atoms with Crippen LogP contribution in [0.3, 0.4) is 0 Å². The Labute approximate surface area is 135 Å². The summed E-state index contributed by atoms with van der Waals surface area (Å²) in [6, 6.07) is 4.77. The summed E-state index contributed by atoms with van der Waals surface area (Å²) in [6.07, 6.45) is 0.151. The van der Waals surface area contributed by atoms with Crippen molar-refractivity contribution in [1.29, 1.82) is 5.26 Å². The normalized spacial score (nSPS) is 13.1. The maximum absolute atomic E-state index is 12.7. The van der Waals surface area contributed by atoms with E-state index >= 15 is 0 Å². The molecule has 22 heavy (non-hydrogen) atoms. The lowest BCUT2D eigenvalue weighted by Crippen LogP contribution is -2.37. The first kappa shape index (κ1) is 18.6. The smallest absolute Gasteiger partial charge is 0.252 e. The van der Waals surface area contributed by atoms with Gasteiger partial charge in [-0.2, -0.15) is 9.57 Å². The minimum absolute atomic E-state index is 0.151. The van der Waals surface area contributed by atoms with Gasteiger partial charge in [0.15, 0.2) is 0 Å². The minimum atomic E-state index is -3.63. The lowest BCUT2D eigenvalue weighted by Gasteiger charge is -2.24. The highest BCUT2D eigenvalue weighted by atomic mass is 32.2. The van der Waals surface area contributed by atoms with Crippen LogP contribution in [-0.2, 0) is 14.8 Å². The Morgan fingerprint density at radius 2 is 2.05 bits per heavy atom. The molecule has 0 saturated heterocycles. The van der Waals surface area contributed by atoms with Gasteiger partial charge in [-0.25, -0.2) is 8.42 Å². The van der Waals surface area contributed by atoms with Gasteiger partial charge < -0.3 is 5.32 Å². The minimum Gasteiger partial charge on any atom is -0.349 e. The van der Waals surface area contributed by atoms with E-state index in [1.807, 2.05) is 6.07 Å². The van der Waals surface area contributed by atoms with Crippen LogP contribution in [0.2, 0.25) is 0 Å². The van der Waals surface area contributed by atoms with Gasteiger partial charge in [0.05, 0.1) is 12.1 Å². The Kier molecular flexibility index (Phi) is 6.53. The van der Waals surface area contributed by atoms with E-state index in [0.717, 1.165) is 16.2 Å². The van der Waals surface area contributed by atoms with E-state index in [1.165, 1.54) is 11.2 Å². The molecule has 0 aliphatic heterocycles. The summed E-state index contributed by atoms with van der Waals surface area (Å²) in [4.78, 5) is 11.9. The predicted octanol–water partition coefficient (Wildman–Crippen LogP) is 2.26. The fraction of sp³-hybridized carbons (Fsp3) is 0.571. The molecule has 1 amide bonds. The zero-order valence-corrected chi connectivity index (χ0v) is 14.8. The lowest BCUT2D eigenvalue weighted by molar-refractivity contribution is -0.119. The van der Waals surface area contributed by atoms with Crippen LogP contribution in [0.25, 0.3) is 0 Å². The first-order valence-electron chi connectivity index (χ1n) is 6.95. The van der Waals surface area contributed by atoms with Gasteiger partial charge in [0.25, 0.3) is 10.0 Å². The number of hydrogen-bond acceptors (Lipinski definition) is 5. The number of nitriles is 1. The number of thiophene rings is 1. The quantitative estimate of drug-likeness (QED) is 0.822. The molecule has 1 aromatic rings. The molecule has 122 valence electrons. The zero-order valence-electron chi connectivity index (χ0n) is 13.2. The third-order valence-electron chi connectivity index (χ3n) is 3.03. The molecule has 8 heteroatoms. The average molecular weight is 343 g/mol. The molecule has 0 aromatic carbocycles. The van der Waals surface area contributed by atoms with Crippen molar-refractivity contribution in [3.63, 3.8) is 0 Å². The molecule has 0 saturated carbocycles. The second-order valence-electron chi connectivity index (χ2n) is 5.20. The molecule has 0 fully saturated rings. The van der Waals surface area contributed by atoms with Gasteiger partial charge in [0.1, 0.15) is 4.21 Å². The van der Waals surface area contributed by atoms with Gasteiger partial charge in [-0.05, 0) is 32.9 Å². The summed E-state index contributed by atoms with van der Waals surface area (Å²) in [7, 11) is -3.63. The zero-order chi connectivity index (χ0) is 16.9. The number of carbonyl (C=O) groups excluding carboxylic acids is 1. The summed E-state index contributed by atoms with van der Waals surface area (Å²) < 4.78 is 26.9. The number of nitrogens with one attached hydrogen (secondary N) is 1. The van der Waals surface area contributed by atoms with E-state index in [2.05, 4.69) is 5.32 Å². The van der Waals surface area contributed by atoms with Crippen LogP contribution < -0.4 is 5.32 Å². The topological polar surface area (TPSA) is 90.3 Å². The van der Waals surface area contributed by atoms with Crippen molar-refractivity contribution in [2.45, 2.75) is 50.4 Å². The molecular formula is C14H21N3O3S2. The first-order valence-corrected chi connectivity index (χ1v) is 9.21. The number of amides is 1. The SMILES string of the molecule is CC(=O)N[C@@H](C)c1ccc(S(=O)(=O)N(CCC#N)C(C)C)s1. The third kappa shape index (κ3) is 4.53. The van der Waals surface area contributed by atoms with Crippen LogP contribution in [0.4, 0.5) is 0 Å². The lowest BCUT2D eigenvalue weighted by atomic mass is 10.3.